The molecule has 1 N–H and O–H groups in total. The number of nitrogens with zero attached hydrogens (tertiary/aromatic N) is 5. The van der Waals surface area contributed by atoms with Gasteiger partial charge in [-0.25, -0.2) is 4.79 Å². The molecule has 0 unspecified atom stereocenters. The Morgan fingerprint density at radius 3 is 2.92 bits per heavy atom. The maximum absolute atomic E-state index is 12.2. The zero-order valence-electron chi connectivity index (χ0n) is 14.3. The number of urea groups is 1. The quantitative estimate of drug-likeness (QED) is 0.769. The maximum Gasteiger partial charge on any atom is 0.317 e. The van der Waals surface area contributed by atoms with Crippen LogP contribution in [-0.2, 0) is 17.9 Å². The molecule has 1 fully saturated rings. The summed E-state index contributed by atoms with van der Waals surface area (Å²) in [5.41, 5.74) is 1.08. The van der Waals surface area contributed by atoms with Gasteiger partial charge in [0.15, 0.2) is 0 Å². The van der Waals surface area contributed by atoms with Gasteiger partial charge in [-0.15, -0.1) is 5.10 Å². The third-order valence-electron chi connectivity index (χ3n) is 4.25. The van der Waals surface area contributed by atoms with Gasteiger partial charge in [-0.2, -0.15) is 0 Å². The highest BCUT2D eigenvalue weighted by Gasteiger charge is 2.22. The van der Waals surface area contributed by atoms with E-state index in [9.17, 15) is 4.79 Å². The Bertz CT molecular complexity index is 626. The van der Waals surface area contributed by atoms with Crippen LogP contribution in [0.1, 0.15) is 24.8 Å². The highest BCUT2D eigenvalue weighted by Crippen LogP contribution is 2.15. The molecule has 2 aromatic heterocycles. The molecule has 2 aromatic rings. The van der Waals surface area contributed by atoms with Crippen LogP contribution in [-0.4, -0.2) is 56.6 Å². The Morgan fingerprint density at radius 1 is 1.32 bits per heavy atom. The predicted octanol–water partition coefficient (Wildman–Crippen LogP) is 1.45. The van der Waals surface area contributed by atoms with Gasteiger partial charge in [0.2, 0.25) is 0 Å². The monoisotopic (exact) mass is 344 g/mol. The molecular formula is C17H24N6O2. The van der Waals surface area contributed by atoms with Crippen molar-refractivity contribution in [3.63, 3.8) is 0 Å². The molecule has 2 amide bonds. The number of likely N-dealkylation sites (tertiary alicyclic amines) is 1. The van der Waals surface area contributed by atoms with Gasteiger partial charge < -0.3 is 15.0 Å². The fraction of sp³-hybridized carbons (Fsp3) is 0.529. The largest absolute Gasteiger partial charge is 0.373 e. The molecule has 25 heavy (non-hydrogen) atoms. The van der Waals surface area contributed by atoms with E-state index in [0.717, 1.165) is 44.5 Å². The summed E-state index contributed by atoms with van der Waals surface area (Å²) in [6.45, 7) is 3.42. The van der Waals surface area contributed by atoms with E-state index in [-0.39, 0.29) is 12.1 Å². The van der Waals surface area contributed by atoms with Crippen molar-refractivity contribution in [2.75, 3.05) is 19.6 Å². The van der Waals surface area contributed by atoms with Crippen molar-refractivity contribution in [2.24, 2.45) is 0 Å². The van der Waals surface area contributed by atoms with Crippen molar-refractivity contribution in [1.82, 2.24) is 30.2 Å². The fourth-order valence-electron chi connectivity index (χ4n) is 2.82. The number of carbonyl (C=O) groups is 1. The van der Waals surface area contributed by atoms with Gasteiger partial charge in [0.25, 0.3) is 0 Å². The van der Waals surface area contributed by atoms with E-state index in [1.165, 1.54) is 0 Å². The van der Waals surface area contributed by atoms with Crippen LogP contribution in [0.3, 0.4) is 0 Å². The van der Waals surface area contributed by atoms with E-state index in [0.29, 0.717) is 13.2 Å². The predicted molar refractivity (Wildman–Crippen MR) is 91.7 cm³/mol. The van der Waals surface area contributed by atoms with Crippen LogP contribution in [0.5, 0.6) is 0 Å². The minimum Gasteiger partial charge on any atom is -0.373 e. The van der Waals surface area contributed by atoms with Gasteiger partial charge in [0, 0.05) is 44.8 Å². The number of amides is 2. The average Bonchev–Trinajstić information content (AvgIpc) is 3.18. The van der Waals surface area contributed by atoms with Crippen molar-refractivity contribution >= 4 is 6.03 Å². The van der Waals surface area contributed by atoms with Crippen molar-refractivity contribution in [3.8, 4) is 0 Å². The second-order valence-electron chi connectivity index (χ2n) is 6.11. The molecule has 3 rings (SSSR count). The molecule has 0 aromatic carbocycles. The van der Waals surface area contributed by atoms with Crippen LogP contribution < -0.4 is 5.32 Å². The summed E-state index contributed by atoms with van der Waals surface area (Å²) in [4.78, 5) is 18.1. The molecule has 1 saturated heterocycles. The van der Waals surface area contributed by atoms with Crippen LogP contribution in [0.25, 0.3) is 0 Å². The molecule has 8 nitrogen and oxygen atoms in total. The number of nitrogens with one attached hydrogen (secondary N) is 1. The maximum atomic E-state index is 12.2. The van der Waals surface area contributed by atoms with E-state index in [4.69, 9.17) is 4.74 Å². The van der Waals surface area contributed by atoms with E-state index in [2.05, 4.69) is 20.6 Å². The molecule has 1 aliphatic heterocycles. The second kappa shape index (κ2) is 9.12. The number of ether oxygens (including phenoxy) is 1. The number of pyridine rings is 1. The molecule has 8 heteroatoms. The molecule has 0 radical (unpaired) electrons. The van der Waals surface area contributed by atoms with Gasteiger partial charge in [-0.05, 0) is 30.9 Å². The summed E-state index contributed by atoms with van der Waals surface area (Å²) in [5.74, 6) is 0. The number of hydrogen-bond acceptors (Lipinski definition) is 5. The minimum atomic E-state index is 0.00398. The van der Waals surface area contributed by atoms with Gasteiger partial charge in [-0.3, -0.25) is 9.67 Å². The highest BCUT2D eigenvalue weighted by molar-refractivity contribution is 5.74. The zero-order valence-corrected chi connectivity index (χ0v) is 14.3. The van der Waals surface area contributed by atoms with Gasteiger partial charge in [0.1, 0.15) is 0 Å². The number of piperidine rings is 1. The second-order valence-corrected chi connectivity index (χ2v) is 6.11. The first-order chi connectivity index (χ1) is 12.3. The lowest BCUT2D eigenvalue weighted by atomic mass is 10.1. The Hall–Kier alpha value is -2.48. The molecular weight excluding hydrogens is 320 g/mol. The average molecular weight is 344 g/mol. The standard InChI is InChI=1S/C17H24N6O2/c24-17(19-7-2-9-23-12-8-20-21-23)22-10-4-16(5-11-22)25-14-15-3-1-6-18-13-15/h1,3,6,8,12-13,16H,2,4-5,7,9-11,14H2,(H,19,24). The van der Waals surface area contributed by atoms with Crippen LogP contribution >= 0.6 is 0 Å². The Morgan fingerprint density at radius 2 is 2.20 bits per heavy atom. The molecule has 0 spiro atoms. The first-order valence-electron chi connectivity index (χ1n) is 8.68. The number of aromatic nitrogens is 4. The molecule has 134 valence electrons. The lowest BCUT2D eigenvalue weighted by molar-refractivity contribution is 0.00437. The summed E-state index contributed by atoms with van der Waals surface area (Å²) in [5, 5.41) is 10.6. The third-order valence-corrected chi connectivity index (χ3v) is 4.25. The molecule has 3 heterocycles. The van der Waals surface area contributed by atoms with Gasteiger partial charge in [-0.1, -0.05) is 11.3 Å². The fourth-order valence-corrected chi connectivity index (χ4v) is 2.82. The van der Waals surface area contributed by atoms with E-state index in [1.54, 1.807) is 17.1 Å². The van der Waals surface area contributed by atoms with Crippen LogP contribution in [0.2, 0.25) is 0 Å². The third kappa shape index (κ3) is 5.53. The number of rotatable bonds is 7. The highest BCUT2D eigenvalue weighted by atomic mass is 16.5. The minimum absolute atomic E-state index is 0.00398. The first-order valence-corrected chi connectivity index (χ1v) is 8.68. The molecule has 0 atom stereocenters. The topological polar surface area (TPSA) is 85.2 Å². The summed E-state index contributed by atoms with van der Waals surface area (Å²) in [6, 6.07) is 3.92. The normalized spacial score (nSPS) is 15.3. The molecule has 0 aliphatic carbocycles. The van der Waals surface area contributed by atoms with Crippen molar-refractivity contribution < 1.29 is 9.53 Å². The molecule has 0 saturated carbocycles. The zero-order chi connectivity index (χ0) is 17.3. The Kier molecular flexibility index (Phi) is 6.33. The Labute approximate surface area is 147 Å². The summed E-state index contributed by atoms with van der Waals surface area (Å²) >= 11 is 0. The number of hydrogen-bond donors (Lipinski definition) is 1. The van der Waals surface area contributed by atoms with Crippen molar-refractivity contribution in [2.45, 2.75) is 38.5 Å². The molecule has 0 bridgehead atoms. The molecule has 1 aliphatic rings. The SMILES string of the molecule is O=C(NCCCn1ccnn1)N1CCC(OCc2cccnc2)CC1. The van der Waals surface area contributed by atoms with Crippen molar-refractivity contribution in [3.05, 3.63) is 42.5 Å². The first kappa shape index (κ1) is 17.3. The number of aryl methyl sites for hydroxylation is 1. The number of carbonyl (C=O) groups excluding carboxylic acids is 1. The summed E-state index contributed by atoms with van der Waals surface area (Å²) in [6.07, 6.45) is 9.82. The van der Waals surface area contributed by atoms with Crippen LogP contribution in [0.4, 0.5) is 4.79 Å². The van der Waals surface area contributed by atoms with E-state index >= 15 is 0 Å². The van der Waals surface area contributed by atoms with E-state index < -0.39 is 0 Å². The smallest absolute Gasteiger partial charge is 0.317 e. The summed E-state index contributed by atoms with van der Waals surface area (Å²) < 4.78 is 7.68. The van der Waals surface area contributed by atoms with E-state index in [1.807, 2.05) is 29.4 Å². The lowest BCUT2D eigenvalue weighted by Crippen LogP contribution is -2.46. The van der Waals surface area contributed by atoms with Gasteiger partial charge in [0.05, 0.1) is 18.9 Å². The lowest BCUT2D eigenvalue weighted by Gasteiger charge is -2.32. The summed E-state index contributed by atoms with van der Waals surface area (Å²) in [7, 11) is 0. The van der Waals surface area contributed by atoms with Crippen LogP contribution in [0.15, 0.2) is 36.9 Å². The van der Waals surface area contributed by atoms with Crippen LogP contribution in [0, 0.1) is 0 Å². The Balaban J connectivity index is 1.29. The van der Waals surface area contributed by atoms with Crippen molar-refractivity contribution in [1.29, 1.82) is 0 Å². The van der Waals surface area contributed by atoms with Gasteiger partial charge >= 0.3 is 6.03 Å².